The molecule has 3 rings (SSSR count). The second-order valence-electron chi connectivity index (χ2n) is 5.42. The quantitative estimate of drug-likeness (QED) is 0.829. The molecular weight excluding hydrogens is 330 g/mol. The van der Waals surface area contributed by atoms with Gasteiger partial charge in [-0.1, -0.05) is 0 Å². The Labute approximate surface area is 143 Å². The lowest BCUT2D eigenvalue weighted by Crippen LogP contribution is -2.46. The maximum atomic E-state index is 12.2. The summed E-state index contributed by atoms with van der Waals surface area (Å²) in [6.07, 6.45) is 1.71. The summed E-state index contributed by atoms with van der Waals surface area (Å²) in [5, 5.41) is 8.88. The molecule has 0 spiro atoms. The Kier molecular flexibility index (Phi) is 5.21. The number of ether oxygens (including phenoxy) is 1. The van der Waals surface area contributed by atoms with Crippen molar-refractivity contribution < 1.29 is 14.3 Å². The molecule has 0 saturated carbocycles. The summed E-state index contributed by atoms with van der Waals surface area (Å²) in [5.41, 5.74) is 2.97. The van der Waals surface area contributed by atoms with Gasteiger partial charge >= 0.3 is 0 Å². The number of rotatable bonds is 6. The highest BCUT2D eigenvalue weighted by molar-refractivity contribution is 7.07. The van der Waals surface area contributed by atoms with Crippen LogP contribution in [-0.2, 0) is 16.1 Å². The first-order chi connectivity index (χ1) is 11.7. The molecule has 24 heavy (non-hydrogen) atoms. The van der Waals surface area contributed by atoms with Gasteiger partial charge in [-0.15, -0.1) is 11.3 Å². The van der Waals surface area contributed by atoms with Crippen LogP contribution in [0.3, 0.4) is 0 Å². The van der Waals surface area contributed by atoms with E-state index < -0.39 is 0 Å². The Balaban J connectivity index is 1.65. The number of aromatic nitrogens is 3. The van der Waals surface area contributed by atoms with E-state index in [1.807, 2.05) is 17.7 Å². The minimum Gasteiger partial charge on any atom is -0.372 e. The number of nitrogens with one attached hydrogen (secondary N) is 1. The lowest BCUT2D eigenvalue weighted by molar-refractivity contribution is -0.138. The summed E-state index contributed by atoms with van der Waals surface area (Å²) in [5.74, 6) is -0.275. The number of thiazole rings is 1. The fourth-order valence-electron chi connectivity index (χ4n) is 2.63. The molecule has 1 aliphatic heterocycles. The number of hydrogen-bond donors (Lipinski definition) is 1. The smallest absolute Gasteiger partial charge is 0.270 e. The molecule has 3 heterocycles. The predicted octanol–water partition coefficient (Wildman–Crippen LogP) is 0.689. The van der Waals surface area contributed by atoms with E-state index in [4.69, 9.17) is 4.74 Å². The van der Waals surface area contributed by atoms with Crippen LogP contribution >= 0.6 is 11.3 Å². The summed E-state index contributed by atoms with van der Waals surface area (Å²) in [6.45, 7) is 3.80. The van der Waals surface area contributed by atoms with E-state index >= 15 is 0 Å². The van der Waals surface area contributed by atoms with Crippen LogP contribution in [0.1, 0.15) is 29.1 Å². The van der Waals surface area contributed by atoms with Crippen LogP contribution in [0.15, 0.2) is 23.2 Å². The fourth-order valence-corrected chi connectivity index (χ4v) is 3.17. The van der Waals surface area contributed by atoms with Crippen molar-refractivity contribution in [2.75, 3.05) is 26.3 Å². The van der Waals surface area contributed by atoms with Crippen LogP contribution in [-0.4, -0.2) is 57.8 Å². The standard InChI is InChI=1S/C15H19N5O3S/c1-2-23-8-14(21)19-6-11-3-4-18-20(11)12(7-19)5-16-15(22)13-9-24-10-17-13/h3-4,9-10,12H,2,5-8H2,1H3,(H,16,22)/t12-/m0/s1. The Morgan fingerprint density at radius 1 is 1.50 bits per heavy atom. The van der Waals surface area contributed by atoms with Crippen molar-refractivity contribution in [3.8, 4) is 0 Å². The molecule has 0 saturated heterocycles. The van der Waals surface area contributed by atoms with Gasteiger partial charge in [0.25, 0.3) is 5.91 Å². The highest BCUT2D eigenvalue weighted by Gasteiger charge is 2.28. The molecule has 0 radical (unpaired) electrons. The maximum Gasteiger partial charge on any atom is 0.270 e. The average molecular weight is 349 g/mol. The number of carbonyl (C=O) groups is 2. The third kappa shape index (κ3) is 3.62. The molecule has 8 nitrogen and oxygen atoms in total. The lowest BCUT2D eigenvalue weighted by atomic mass is 10.2. The van der Waals surface area contributed by atoms with Crippen LogP contribution in [0.4, 0.5) is 0 Å². The second kappa shape index (κ2) is 7.54. The van der Waals surface area contributed by atoms with Gasteiger partial charge in [0.05, 0.1) is 23.8 Å². The van der Waals surface area contributed by atoms with Crippen LogP contribution < -0.4 is 5.32 Å². The summed E-state index contributed by atoms with van der Waals surface area (Å²) < 4.78 is 7.08. The van der Waals surface area contributed by atoms with Gasteiger partial charge in [-0.05, 0) is 13.0 Å². The lowest BCUT2D eigenvalue weighted by Gasteiger charge is -2.34. The van der Waals surface area contributed by atoms with E-state index in [1.54, 1.807) is 22.0 Å². The fraction of sp³-hybridized carbons (Fsp3) is 0.467. The molecule has 2 aromatic heterocycles. The molecule has 9 heteroatoms. The van der Waals surface area contributed by atoms with Gasteiger partial charge in [0, 0.05) is 31.3 Å². The minimum atomic E-state index is -0.220. The van der Waals surface area contributed by atoms with Crippen LogP contribution in [0.2, 0.25) is 0 Å². The number of amides is 2. The van der Waals surface area contributed by atoms with Gasteiger partial charge in [-0.3, -0.25) is 14.3 Å². The van der Waals surface area contributed by atoms with Gasteiger partial charge in [-0.25, -0.2) is 4.98 Å². The Hall–Kier alpha value is -2.26. The third-order valence-electron chi connectivity index (χ3n) is 3.83. The first-order valence-electron chi connectivity index (χ1n) is 7.73. The molecule has 0 bridgehead atoms. The maximum absolute atomic E-state index is 12.2. The summed E-state index contributed by atoms with van der Waals surface area (Å²) in [7, 11) is 0. The van der Waals surface area contributed by atoms with Crippen molar-refractivity contribution in [2.45, 2.75) is 19.5 Å². The molecule has 0 unspecified atom stereocenters. The predicted molar refractivity (Wildman–Crippen MR) is 87.6 cm³/mol. The molecule has 2 amide bonds. The van der Waals surface area contributed by atoms with Gasteiger partial charge < -0.3 is 15.0 Å². The normalized spacial score (nSPS) is 16.7. The van der Waals surface area contributed by atoms with Crippen LogP contribution in [0.25, 0.3) is 0 Å². The van der Waals surface area contributed by atoms with E-state index in [2.05, 4.69) is 15.4 Å². The van der Waals surface area contributed by atoms with Gasteiger partial charge in [0.1, 0.15) is 12.3 Å². The molecule has 1 aliphatic rings. The topological polar surface area (TPSA) is 89.4 Å². The van der Waals surface area contributed by atoms with Crippen molar-refractivity contribution in [1.29, 1.82) is 0 Å². The molecule has 2 aromatic rings. The van der Waals surface area contributed by atoms with E-state index in [0.717, 1.165) is 5.69 Å². The SMILES string of the molecule is CCOCC(=O)N1Cc2ccnn2[C@@H](CNC(=O)c2cscn2)C1. The van der Waals surface area contributed by atoms with E-state index in [9.17, 15) is 9.59 Å². The largest absolute Gasteiger partial charge is 0.372 e. The zero-order valence-electron chi connectivity index (χ0n) is 13.3. The van der Waals surface area contributed by atoms with Gasteiger partial charge in [0.15, 0.2) is 0 Å². The van der Waals surface area contributed by atoms with Gasteiger partial charge in [-0.2, -0.15) is 5.10 Å². The summed E-state index contributed by atoms with van der Waals surface area (Å²) >= 11 is 1.37. The highest BCUT2D eigenvalue weighted by Crippen LogP contribution is 2.20. The molecule has 0 aliphatic carbocycles. The van der Waals surface area contributed by atoms with Crippen LogP contribution in [0, 0.1) is 0 Å². The Morgan fingerprint density at radius 3 is 3.12 bits per heavy atom. The van der Waals surface area contributed by atoms with E-state index in [-0.39, 0.29) is 24.5 Å². The second-order valence-corrected chi connectivity index (χ2v) is 6.13. The first-order valence-corrected chi connectivity index (χ1v) is 8.67. The summed E-state index contributed by atoms with van der Waals surface area (Å²) in [4.78, 5) is 30.0. The minimum absolute atomic E-state index is 0.0554. The number of hydrogen-bond acceptors (Lipinski definition) is 6. The van der Waals surface area contributed by atoms with E-state index in [0.29, 0.717) is 31.9 Å². The zero-order chi connectivity index (χ0) is 16.9. The van der Waals surface area contributed by atoms with E-state index in [1.165, 1.54) is 11.3 Å². The first kappa shape index (κ1) is 16.6. The van der Waals surface area contributed by atoms with Crippen LogP contribution in [0.5, 0.6) is 0 Å². The number of fused-ring (bicyclic) bond motifs is 1. The molecule has 0 aromatic carbocycles. The number of nitrogens with zero attached hydrogens (tertiary/aromatic N) is 4. The zero-order valence-corrected chi connectivity index (χ0v) is 14.2. The van der Waals surface area contributed by atoms with Crippen molar-refractivity contribution in [3.05, 3.63) is 34.5 Å². The summed E-state index contributed by atoms with van der Waals surface area (Å²) in [6, 6.07) is 1.77. The third-order valence-corrected chi connectivity index (χ3v) is 4.41. The average Bonchev–Trinajstić information content (AvgIpc) is 3.27. The molecule has 0 fully saturated rings. The van der Waals surface area contributed by atoms with Crippen molar-refractivity contribution >= 4 is 23.2 Å². The Bertz CT molecular complexity index is 700. The molecule has 1 atom stereocenters. The van der Waals surface area contributed by atoms with Crippen molar-refractivity contribution in [2.24, 2.45) is 0 Å². The van der Waals surface area contributed by atoms with Crippen molar-refractivity contribution in [3.63, 3.8) is 0 Å². The monoisotopic (exact) mass is 349 g/mol. The highest BCUT2D eigenvalue weighted by atomic mass is 32.1. The van der Waals surface area contributed by atoms with Gasteiger partial charge in [0.2, 0.25) is 5.91 Å². The Morgan fingerprint density at radius 2 is 2.38 bits per heavy atom. The van der Waals surface area contributed by atoms with Crippen molar-refractivity contribution in [1.82, 2.24) is 25.0 Å². The number of carbonyl (C=O) groups excluding carboxylic acids is 2. The molecule has 128 valence electrons. The molecular formula is C15H19N5O3S. The molecule has 1 N–H and O–H groups in total.